The van der Waals surface area contributed by atoms with Crippen LogP contribution in [0.5, 0.6) is 0 Å². The van der Waals surface area contributed by atoms with E-state index < -0.39 is 0 Å². The lowest BCUT2D eigenvalue weighted by molar-refractivity contribution is 0.262. The zero-order valence-electron chi connectivity index (χ0n) is 12.6. The van der Waals surface area contributed by atoms with Crippen molar-refractivity contribution in [3.05, 3.63) is 41.1 Å². The van der Waals surface area contributed by atoms with Gasteiger partial charge in [0.25, 0.3) is 0 Å². The van der Waals surface area contributed by atoms with Crippen molar-refractivity contribution in [3.8, 4) is 0 Å². The zero-order valence-corrected chi connectivity index (χ0v) is 13.5. The number of nitrogens with zero attached hydrogens (tertiary/aromatic N) is 2. The maximum Gasteiger partial charge on any atom is 0.324 e. The Morgan fingerprint density at radius 1 is 1.27 bits per heavy atom. The topological polar surface area (TPSA) is 71.0 Å². The number of nitrogens with one attached hydrogen (secondary N) is 3. The van der Waals surface area contributed by atoms with Crippen LogP contribution in [0, 0.1) is 6.92 Å². The highest BCUT2D eigenvalue weighted by molar-refractivity contribution is 5.99. The van der Waals surface area contributed by atoms with E-state index in [0.29, 0.717) is 5.82 Å². The first kappa shape index (κ1) is 16.3. The summed E-state index contributed by atoms with van der Waals surface area (Å²) >= 11 is 0. The Morgan fingerprint density at radius 2 is 2.09 bits per heavy atom. The van der Waals surface area contributed by atoms with Gasteiger partial charge in [0.15, 0.2) is 0 Å². The molecular formula is C15H20ClN5O. The number of amides is 2. The van der Waals surface area contributed by atoms with Crippen molar-refractivity contribution < 1.29 is 4.79 Å². The minimum Gasteiger partial charge on any atom is -0.312 e. The van der Waals surface area contributed by atoms with Crippen molar-refractivity contribution in [1.29, 1.82) is 0 Å². The van der Waals surface area contributed by atoms with Gasteiger partial charge in [0.1, 0.15) is 5.82 Å². The van der Waals surface area contributed by atoms with E-state index >= 15 is 0 Å². The molecule has 1 aliphatic rings. The summed E-state index contributed by atoms with van der Waals surface area (Å²) in [6, 6.07) is 7.61. The number of urea groups is 1. The molecule has 3 rings (SSSR count). The molecule has 1 aromatic carbocycles. The first-order chi connectivity index (χ1) is 10.1. The highest BCUT2D eigenvalue weighted by atomic mass is 35.5. The number of fused-ring (bicyclic) bond motifs is 1. The second-order valence-corrected chi connectivity index (χ2v) is 5.28. The third kappa shape index (κ3) is 3.58. The molecule has 2 aromatic rings. The first-order valence-electron chi connectivity index (χ1n) is 7.03. The largest absolute Gasteiger partial charge is 0.324 e. The number of halogens is 1. The molecule has 0 aliphatic carbocycles. The van der Waals surface area contributed by atoms with Crippen LogP contribution in [0.4, 0.5) is 16.3 Å². The lowest BCUT2D eigenvalue weighted by Crippen LogP contribution is -2.24. The molecule has 3 N–H and O–H groups in total. The molecule has 7 heteroatoms. The summed E-state index contributed by atoms with van der Waals surface area (Å²) in [5.74, 6) is 0.673. The van der Waals surface area contributed by atoms with E-state index in [9.17, 15) is 4.79 Å². The molecule has 22 heavy (non-hydrogen) atoms. The lowest BCUT2D eigenvalue weighted by Gasteiger charge is -2.18. The highest BCUT2D eigenvalue weighted by Crippen LogP contribution is 2.19. The summed E-state index contributed by atoms with van der Waals surface area (Å²) in [4.78, 5) is 12.0. The molecule has 2 amide bonds. The van der Waals surface area contributed by atoms with Gasteiger partial charge in [-0.3, -0.25) is 10.00 Å². The summed E-state index contributed by atoms with van der Waals surface area (Å²) in [5, 5.41) is 13.2. The van der Waals surface area contributed by atoms with E-state index in [4.69, 9.17) is 0 Å². The van der Waals surface area contributed by atoms with Crippen molar-refractivity contribution in [3.63, 3.8) is 0 Å². The smallest absolute Gasteiger partial charge is 0.312 e. The van der Waals surface area contributed by atoms with Gasteiger partial charge in [0, 0.05) is 25.3 Å². The molecule has 0 bridgehead atoms. The molecule has 118 valence electrons. The Bertz CT molecular complexity index is 683. The number of rotatable bonds is 2. The van der Waals surface area contributed by atoms with Crippen LogP contribution in [-0.2, 0) is 20.0 Å². The Kier molecular flexibility index (Phi) is 5.05. The first-order valence-corrected chi connectivity index (χ1v) is 7.03. The molecule has 1 aromatic heterocycles. The molecule has 2 heterocycles. The summed E-state index contributed by atoms with van der Waals surface area (Å²) in [5.41, 5.74) is 4.28. The van der Waals surface area contributed by atoms with Gasteiger partial charge in [-0.25, -0.2) is 4.79 Å². The maximum absolute atomic E-state index is 12.0. The summed E-state index contributed by atoms with van der Waals surface area (Å²) in [6.07, 6.45) is 0.993. The van der Waals surface area contributed by atoms with Crippen molar-refractivity contribution in [2.75, 3.05) is 17.2 Å². The molecule has 0 atom stereocenters. The van der Waals surface area contributed by atoms with Crippen LogP contribution in [0.1, 0.15) is 16.8 Å². The Balaban J connectivity index is 0.00000176. The highest BCUT2D eigenvalue weighted by Gasteiger charge is 2.11. The van der Waals surface area contributed by atoms with Gasteiger partial charge in [0.2, 0.25) is 0 Å². The molecule has 0 radical (unpaired) electrons. The Morgan fingerprint density at radius 3 is 2.82 bits per heavy atom. The average Bonchev–Trinajstić information content (AvgIpc) is 2.76. The normalized spacial score (nSPS) is 13.0. The van der Waals surface area contributed by atoms with Gasteiger partial charge in [0.05, 0.1) is 5.69 Å². The Labute approximate surface area is 135 Å². The molecule has 1 aliphatic heterocycles. The third-order valence-corrected chi connectivity index (χ3v) is 3.59. The molecule has 0 saturated carbocycles. The van der Waals surface area contributed by atoms with Crippen LogP contribution in [0.15, 0.2) is 24.3 Å². The van der Waals surface area contributed by atoms with Crippen LogP contribution >= 0.6 is 12.4 Å². The van der Waals surface area contributed by atoms with Crippen LogP contribution < -0.4 is 16.0 Å². The van der Waals surface area contributed by atoms with Crippen molar-refractivity contribution in [1.82, 2.24) is 15.1 Å². The molecular weight excluding hydrogens is 302 g/mol. The number of carbonyl (C=O) groups is 1. The van der Waals surface area contributed by atoms with Gasteiger partial charge in [-0.05, 0) is 43.1 Å². The fraction of sp³-hybridized carbons (Fsp3) is 0.333. The molecule has 0 spiro atoms. The molecule has 6 nitrogen and oxygen atoms in total. The molecule has 0 unspecified atom stereocenters. The standard InChI is InChI=1S/C15H19N5O.ClH/c1-10-7-14(20(2)19-10)18-15(21)17-13-4-3-12-9-16-6-5-11(12)8-13;/h3-4,7-8,16H,5-6,9H2,1-2H3,(H2,17,18,21);1H. The van der Waals surface area contributed by atoms with E-state index in [1.807, 2.05) is 25.1 Å². The van der Waals surface area contributed by atoms with Crippen LogP contribution in [0.3, 0.4) is 0 Å². The number of hydrogen-bond acceptors (Lipinski definition) is 3. The monoisotopic (exact) mass is 321 g/mol. The van der Waals surface area contributed by atoms with Gasteiger partial charge in [-0.2, -0.15) is 5.10 Å². The van der Waals surface area contributed by atoms with E-state index in [0.717, 1.165) is 30.9 Å². The van der Waals surface area contributed by atoms with Crippen molar-refractivity contribution >= 4 is 29.9 Å². The number of hydrogen-bond donors (Lipinski definition) is 3. The fourth-order valence-electron chi connectivity index (χ4n) is 2.56. The second-order valence-electron chi connectivity index (χ2n) is 5.28. The molecule has 0 fully saturated rings. The minimum absolute atomic E-state index is 0. The van der Waals surface area contributed by atoms with Gasteiger partial charge >= 0.3 is 6.03 Å². The number of carbonyl (C=O) groups excluding carboxylic acids is 1. The molecule has 0 saturated heterocycles. The summed E-state index contributed by atoms with van der Waals surface area (Å²) in [6.45, 7) is 3.77. The SMILES string of the molecule is Cc1cc(NC(=O)Nc2ccc3c(c2)CCNC3)n(C)n1.Cl. The fourth-order valence-corrected chi connectivity index (χ4v) is 2.56. The van der Waals surface area contributed by atoms with Crippen LogP contribution in [-0.4, -0.2) is 22.4 Å². The maximum atomic E-state index is 12.0. The van der Waals surface area contributed by atoms with Crippen molar-refractivity contribution in [2.45, 2.75) is 19.9 Å². The quantitative estimate of drug-likeness (QED) is 0.795. The van der Waals surface area contributed by atoms with E-state index in [2.05, 4.69) is 27.1 Å². The van der Waals surface area contributed by atoms with Gasteiger partial charge in [-0.15, -0.1) is 12.4 Å². The second kappa shape index (κ2) is 6.81. The number of benzene rings is 1. The van der Waals surface area contributed by atoms with Crippen molar-refractivity contribution in [2.24, 2.45) is 7.05 Å². The predicted octanol–water partition coefficient (Wildman–Crippen LogP) is 2.44. The summed E-state index contributed by atoms with van der Waals surface area (Å²) in [7, 11) is 1.80. The average molecular weight is 322 g/mol. The van der Waals surface area contributed by atoms with E-state index in [-0.39, 0.29) is 18.4 Å². The predicted molar refractivity (Wildman–Crippen MR) is 89.7 cm³/mol. The number of aryl methyl sites for hydroxylation is 2. The number of anilines is 2. The van der Waals surface area contributed by atoms with Gasteiger partial charge in [-0.1, -0.05) is 6.07 Å². The third-order valence-electron chi connectivity index (χ3n) is 3.59. The van der Waals surface area contributed by atoms with Crippen LogP contribution in [0.25, 0.3) is 0 Å². The number of aromatic nitrogens is 2. The van der Waals surface area contributed by atoms with Gasteiger partial charge < -0.3 is 10.6 Å². The van der Waals surface area contributed by atoms with E-state index in [1.165, 1.54) is 11.1 Å². The zero-order chi connectivity index (χ0) is 14.8. The lowest BCUT2D eigenvalue weighted by atomic mass is 10.0. The van der Waals surface area contributed by atoms with E-state index in [1.54, 1.807) is 11.7 Å². The van der Waals surface area contributed by atoms with Crippen LogP contribution in [0.2, 0.25) is 0 Å². The Hall–Kier alpha value is -2.05. The minimum atomic E-state index is -0.258. The summed E-state index contributed by atoms with van der Waals surface area (Å²) < 4.78 is 1.65.